The second-order valence-corrected chi connectivity index (χ2v) is 5.93. The first-order chi connectivity index (χ1) is 13.6. The third kappa shape index (κ3) is 3.38. The van der Waals surface area contributed by atoms with E-state index in [1.807, 2.05) is 24.3 Å². The Morgan fingerprint density at radius 1 is 0.964 bits per heavy atom. The number of para-hydroxylation sites is 1. The maximum absolute atomic E-state index is 12.7. The third-order valence-corrected chi connectivity index (χ3v) is 4.16. The van der Waals surface area contributed by atoms with Gasteiger partial charge in [0.15, 0.2) is 0 Å². The minimum Gasteiger partial charge on any atom is -0.306 e. The van der Waals surface area contributed by atoms with E-state index in [0.29, 0.717) is 22.6 Å². The van der Waals surface area contributed by atoms with Crippen molar-refractivity contribution in [1.29, 1.82) is 0 Å². The summed E-state index contributed by atoms with van der Waals surface area (Å²) in [4.78, 5) is 35.7. The Hall–Kier alpha value is -4.20. The molecule has 2 aromatic heterocycles. The molecule has 0 spiro atoms. The van der Waals surface area contributed by atoms with Gasteiger partial charge in [-0.05, 0) is 12.1 Å². The molecule has 136 valence electrons. The lowest BCUT2D eigenvalue weighted by Gasteiger charge is -2.08. The van der Waals surface area contributed by atoms with E-state index in [0.717, 1.165) is 10.9 Å². The summed E-state index contributed by atoms with van der Waals surface area (Å²) in [5, 5.41) is 14.4. The van der Waals surface area contributed by atoms with Gasteiger partial charge in [0.05, 0.1) is 21.7 Å². The Morgan fingerprint density at radius 2 is 1.82 bits per heavy atom. The highest BCUT2D eigenvalue weighted by Gasteiger charge is 2.13. The van der Waals surface area contributed by atoms with Gasteiger partial charge in [-0.1, -0.05) is 30.3 Å². The Balaban J connectivity index is 1.64. The van der Waals surface area contributed by atoms with Gasteiger partial charge in [-0.3, -0.25) is 19.9 Å². The van der Waals surface area contributed by atoms with Crippen LogP contribution in [0, 0.1) is 10.1 Å². The van der Waals surface area contributed by atoms with Crippen LogP contribution in [0.25, 0.3) is 22.2 Å². The molecule has 0 aliphatic heterocycles. The van der Waals surface area contributed by atoms with Gasteiger partial charge < -0.3 is 5.32 Å². The van der Waals surface area contributed by atoms with Crippen LogP contribution in [0.4, 0.5) is 11.5 Å². The highest BCUT2D eigenvalue weighted by molar-refractivity contribution is 6.12. The van der Waals surface area contributed by atoms with E-state index in [9.17, 15) is 14.9 Å². The van der Waals surface area contributed by atoms with Gasteiger partial charge in [0, 0.05) is 35.3 Å². The number of fused-ring (bicyclic) bond motifs is 1. The van der Waals surface area contributed by atoms with Crippen molar-refractivity contribution in [3.63, 3.8) is 0 Å². The van der Waals surface area contributed by atoms with Crippen molar-refractivity contribution < 1.29 is 9.72 Å². The summed E-state index contributed by atoms with van der Waals surface area (Å²) in [6.07, 6.45) is 2.88. The number of rotatable bonds is 4. The number of pyridine rings is 1. The lowest BCUT2D eigenvalue weighted by Crippen LogP contribution is -2.13. The quantitative estimate of drug-likeness (QED) is 0.431. The van der Waals surface area contributed by atoms with Gasteiger partial charge in [-0.15, -0.1) is 0 Å². The largest absolute Gasteiger partial charge is 0.306 e. The Kier molecular flexibility index (Phi) is 4.43. The second kappa shape index (κ2) is 7.20. The Bertz CT molecular complexity index is 1200. The molecule has 28 heavy (non-hydrogen) atoms. The normalized spacial score (nSPS) is 10.6. The average molecular weight is 371 g/mol. The van der Waals surface area contributed by atoms with Crippen LogP contribution in [-0.4, -0.2) is 25.8 Å². The number of non-ortho nitro benzene ring substituents is 1. The number of nitrogens with zero attached hydrogens (tertiary/aromatic N) is 4. The molecule has 0 unspecified atom stereocenters. The molecule has 0 aliphatic rings. The second-order valence-electron chi connectivity index (χ2n) is 5.93. The van der Waals surface area contributed by atoms with Crippen molar-refractivity contribution in [2.75, 3.05) is 5.32 Å². The van der Waals surface area contributed by atoms with E-state index in [1.54, 1.807) is 30.5 Å². The smallest absolute Gasteiger partial charge is 0.270 e. The summed E-state index contributed by atoms with van der Waals surface area (Å²) in [5.74, 6) is -0.0373. The van der Waals surface area contributed by atoms with Crippen LogP contribution in [0.3, 0.4) is 0 Å². The van der Waals surface area contributed by atoms with E-state index in [2.05, 4.69) is 20.3 Å². The molecule has 0 radical (unpaired) electrons. The SMILES string of the molecule is O=C(Nc1cc(-c2cccc([N+](=O)[O-])c2)ncn1)c1ccnc2ccccc12. The van der Waals surface area contributed by atoms with Crippen molar-refractivity contribution in [3.05, 3.63) is 88.9 Å². The molecule has 8 heteroatoms. The van der Waals surface area contributed by atoms with E-state index >= 15 is 0 Å². The zero-order chi connectivity index (χ0) is 19.5. The fraction of sp³-hybridized carbons (Fsp3) is 0. The number of nitro groups is 1. The van der Waals surface area contributed by atoms with E-state index in [-0.39, 0.29) is 11.6 Å². The molecular weight excluding hydrogens is 358 g/mol. The first kappa shape index (κ1) is 17.2. The zero-order valence-electron chi connectivity index (χ0n) is 14.4. The molecule has 0 saturated heterocycles. The molecule has 0 aliphatic carbocycles. The first-order valence-electron chi connectivity index (χ1n) is 8.34. The van der Waals surface area contributed by atoms with Crippen LogP contribution in [0.1, 0.15) is 10.4 Å². The maximum atomic E-state index is 12.7. The highest BCUT2D eigenvalue weighted by Crippen LogP contribution is 2.24. The molecule has 4 aromatic rings. The summed E-state index contributed by atoms with van der Waals surface area (Å²) in [6, 6.07) is 16.7. The van der Waals surface area contributed by atoms with Crippen LogP contribution in [0.5, 0.6) is 0 Å². The predicted molar refractivity (Wildman–Crippen MR) is 104 cm³/mol. The topological polar surface area (TPSA) is 111 Å². The summed E-state index contributed by atoms with van der Waals surface area (Å²) >= 11 is 0. The first-order valence-corrected chi connectivity index (χ1v) is 8.34. The number of benzene rings is 2. The molecule has 0 fully saturated rings. The van der Waals surface area contributed by atoms with Crippen LogP contribution in [-0.2, 0) is 0 Å². The lowest BCUT2D eigenvalue weighted by molar-refractivity contribution is -0.384. The minimum absolute atomic E-state index is 0.0371. The number of carbonyl (C=O) groups is 1. The monoisotopic (exact) mass is 371 g/mol. The van der Waals surface area contributed by atoms with Gasteiger partial charge in [0.2, 0.25) is 0 Å². The fourth-order valence-electron chi connectivity index (χ4n) is 2.84. The molecule has 2 heterocycles. The van der Waals surface area contributed by atoms with E-state index < -0.39 is 4.92 Å². The molecule has 1 amide bonds. The van der Waals surface area contributed by atoms with Crippen molar-refractivity contribution in [2.24, 2.45) is 0 Å². The number of aromatic nitrogens is 3. The number of nitro benzene ring substituents is 1. The molecular formula is C20H13N5O3. The van der Waals surface area contributed by atoms with Crippen LogP contribution < -0.4 is 5.32 Å². The predicted octanol–water partition coefficient (Wildman–Crippen LogP) is 3.85. The average Bonchev–Trinajstić information content (AvgIpc) is 2.73. The maximum Gasteiger partial charge on any atom is 0.270 e. The molecule has 0 bridgehead atoms. The fourth-order valence-corrected chi connectivity index (χ4v) is 2.84. The zero-order valence-corrected chi connectivity index (χ0v) is 14.4. The van der Waals surface area contributed by atoms with Crippen molar-refractivity contribution in [3.8, 4) is 11.3 Å². The highest BCUT2D eigenvalue weighted by atomic mass is 16.6. The van der Waals surface area contributed by atoms with Crippen LogP contribution in [0.2, 0.25) is 0 Å². The van der Waals surface area contributed by atoms with Crippen molar-refractivity contribution >= 4 is 28.3 Å². The molecule has 1 N–H and O–H groups in total. The van der Waals surface area contributed by atoms with E-state index in [1.165, 1.54) is 18.5 Å². The Labute approximate surface area is 159 Å². The van der Waals surface area contributed by atoms with Crippen LogP contribution >= 0.6 is 0 Å². The molecule has 0 atom stereocenters. The number of anilines is 1. The standard InChI is InChI=1S/C20H13N5O3/c26-20(16-8-9-21-17-7-2-1-6-15(16)17)24-19-11-18(22-12-23-19)13-4-3-5-14(10-13)25(27)28/h1-12H,(H,22,23,24,26). The number of hydrogen-bond acceptors (Lipinski definition) is 6. The minimum atomic E-state index is -0.470. The summed E-state index contributed by atoms with van der Waals surface area (Å²) in [5.41, 5.74) is 2.18. The molecule has 4 rings (SSSR count). The summed E-state index contributed by atoms with van der Waals surface area (Å²) in [7, 11) is 0. The lowest BCUT2D eigenvalue weighted by atomic mass is 10.1. The number of hydrogen-bond donors (Lipinski definition) is 1. The van der Waals surface area contributed by atoms with Crippen molar-refractivity contribution in [1.82, 2.24) is 15.0 Å². The molecule has 8 nitrogen and oxygen atoms in total. The summed E-state index contributed by atoms with van der Waals surface area (Å²) in [6.45, 7) is 0. The van der Waals surface area contributed by atoms with Crippen LogP contribution in [0.15, 0.2) is 73.2 Å². The number of amides is 1. The van der Waals surface area contributed by atoms with Gasteiger partial charge in [0.1, 0.15) is 12.1 Å². The molecule has 2 aromatic carbocycles. The Morgan fingerprint density at radius 3 is 2.68 bits per heavy atom. The van der Waals surface area contributed by atoms with Gasteiger partial charge in [-0.25, -0.2) is 9.97 Å². The number of nitrogens with one attached hydrogen (secondary N) is 1. The third-order valence-electron chi connectivity index (χ3n) is 4.16. The van der Waals surface area contributed by atoms with Gasteiger partial charge >= 0.3 is 0 Å². The van der Waals surface area contributed by atoms with Gasteiger partial charge in [-0.2, -0.15) is 0 Å². The number of carbonyl (C=O) groups excluding carboxylic acids is 1. The van der Waals surface area contributed by atoms with Gasteiger partial charge in [0.25, 0.3) is 11.6 Å². The molecule has 0 saturated carbocycles. The summed E-state index contributed by atoms with van der Waals surface area (Å²) < 4.78 is 0. The van der Waals surface area contributed by atoms with Crippen molar-refractivity contribution in [2.45, 2.75) is 0 Å². The van der Waals surface area contributed by atoms with E-state index in [4.69, 9.17) is 0 Å².